The first-order chi connectivity index (χ1) is 22.9. The summed E-state index contributed by atoms with van der Waals surface area (Å²) in [6.45, 7) is 0. The quantitative estimate of drug-likeness (QED) is 0.165. The first-order valence-corrected chi connectivity index (χ1v) is 16.1. The zero-order chi connectivity index (χ0) is 34.2. The van der Waals surface area contributed by atoms with Crippen LogP contribution in [0.5, 0.6) is 17.2 Å². The maximum absolute atomic E-state index is 15.2. The summed E-state index contributed by atoms with van der Waals surface area (Å²) in [6, 6.07) is 14.4. The summed E-state index contributed by atoms with van der Waals surface area (Å²) in [5, 5.41) is 22.6. The molecule has 7 rings (SSSR count). The van der Waals surface area contributed by atoms with E-state index >= 15 is 4.79 Å². The van der Waals surface area contributed by atoms with Gasteiger partial charge in [-0.15, -0.1) is 0 Å². The molecule has 3 aromatic rings. The Bertz CT molecular complexity index is 1930. The normalized spacial score (nSPS) is 27.8. The van der Waals surface area contributed by atoms with Gasteiger partial charge in [0.15, 0.2) is 11.5 Å². The van der Waals surface area contributed by atoms with Crippen LogP contribution in [0.3, 0.4) is 0 Å². The zero-order valence-electron chi connectivity index (χ0n) is 25.4. The molecule has 0 bridgehead atoms. The predicted molar refractivity (Wildman–Crippen MR) is 174 cm³/mol. The predicted octanol–water partition coefficient (Wildman–Crippen LogP) is 5.74. The number of fused-ring (bicyclic) bond motifs is 4. The van der Waals surface area contributed by atoms with E-state index in [-0.39, 0.29) is 45.1 Å². The highest BCUT2D eigenvalue weighted by Gasteiger charge is 2.70. The van der Waals surface area contributed by atoms with Gasteiger partial charge in [0.1, 0.15) is 5.75 Å². The first kappa shape index (κ1) is 32.3. The van der Waals surface area contributed by atoms with Crippen LogP contribution in [0.2, 0.25) is 15.1 Å². The Labute approximate surface area is 289 Å². The Morgan fingerprint density at radius 2 is 1.60 bits per heavy atom. The number of methoxy groups -OCH3 is 2. The van der Waals surface area contributed by atoms with Crippen molar-refractivity contribution in [3.05, 3.63) is 92.4 Å². The van der Waals surface area contributed by atoms with E-state index < -0.39 is 58.6 Å². The number of ether oxygens (including phenoxy) is 2. The lowest BCUT2D eigenvalue weighted by Crippen LogP contribution is -2.53. The number of hydrogen-bond donors (Lipinski definition) is 3. The Hall–Kier alpha value is -4.29. The number of phenols is 1. The molecule has 3 N–H and O–H groups in total. The van der Waals surface area contributed by atoms with Crippen LogP contribution in [0.25, 0.3) is 0 Å². The molecule has 3 fully saturated rings. The minimum Gasteiger partial charge on any atom is -0.503 e. The molecule has 2 heterocycles. The third-order valence-electron chi connectivity index (χ3n) is 10.2. The van der Waals surface area contributed by atoms with E-state index in [0.29, 0.717) is 27.5 Å². The Morgan fingerprint density at radius 3 is 2.27 bits per heavy atom. The number of allylic oxidation sites excluding steroid dienone is 2. The number of rotatable bonds is 6. The van der Waals surface area contributed by atoms with Gasteiger partial charge in [0.25, 0.3) is 23.6 Å². The van der Waals surface area contributed by atoms with Crippen molar-refractivity contribution in [1.82, 2.24) is 10.1 Å². The van der Waals surface area contributed by atoms with Crippen molar-refractivity contribution in [3.63, 3.8) is 0 Å². The average molecular weight is 713 g/mol. The second-order valence-electron chi connectivity index (χ2n) is 12.3. The zero-order valence-corrected chi connectivity index (χ0v) is 27.7. The SMILES string of the molecule is COc1ccc(C23C(=O)N(Nc4ccc(Cl)cc4Cl)C(=O)C2CC2C(=CCC4C(=O)N(O)C(=O)C42)C3c2cc(Cl)c(O)c(OC)c2)cc1. The number of phenolic OH excluding ortho intramolecular Hbond substituents is 1. The molecular weight excluding hydrogens is 685 g/mol. The van der Waals surface area contributed by atoms with Crippen molar-refractivity contribution in [2.75, 3.05) is 19.6 Å². The van der Waals surface area contributed by atoms with Crippen molar-refractivity contribution in [3.8, 4) is 17.2 Å². The van der Waals surface area contributed by atoms with E-state index in [9.17, 15) is 24.7 Å². The number of hydrogen-bond acceptors (Lipinski definition) is 9. The van der Waals surface area contributed by atoms with Gasteiger partial charge < -0.3 is 14.6 Å². The molecule has 3 aromatic carbocycles. The van der Waals surface area contributed by atoms with Crippen LogP contribution in [0.15, 0.2) is 66.2 Å². The van der Waals surface area contributed by atoms with E-state index in [2.05, 4.69) is 5.43 Å². The molecule has 4 amide bonds. The van der Waals surface area contributed by atoms with Crippen LogP contribution in [-0.2, 0) is 24.6 Å². The second-order valence-corrected chi connectivity index (χ2v) is 13.5. The van der Waals surface area contributed by atoms with Gasteiger partial charge in [-0.05, 0) is 72.4 Å². The van der Waals surface area contributed by atoms with Crippen molar-refractivity contribution in [1.29, 1.82) is 0 Å². The third kappa shape index (κ3) is 4.52. The number of carbonyl (C=O) groups excluding carboxylic acids is 4. The molecule has 48 heavy (non-hydrogen) atoms. The molecule has 11 nitrogen and oxygen atoms in total. The molecule has 14 heteroatoms. The van der Waals surface area contributed by atoms with Gasteiger partial charge in [-0.2, -0.15) is 10.1 Å². The van der Waals surface area contributed by atoms with Crippen LogP contribution in [0, 0.1) is 23.7 Å². The fourth-order valence-electron chi connectivity index (χ4n) is 8.12. The number of nitrogens with zero attached hydrogens (tertiary/aromatic N) is 2. The summed E-state index contributed by atoms with van der Waals surface area (Å²) >= 11 is 19.1. The standard InChI is InChI=1S/C34H28Cl3N3O8/c1-47-18-6-3-16(4-7-18)34-22(31(43)39(33(34)45)38-25-10-5-17(35)13-23(25)36)14-21-19(8-9-20-27(21)32(44)40(46)30(20)42)28(34)15-11-24(37)29(41)26(12-15)48-2/h3-8,10-13,20-22,27-28,38,41,46H,9,14H2,1-2H3. The van der Waals surface area contributed by atoms with E-state index in [1.165, 1.54) is 26.4 Å². The molecule has 248 valence electrons. The highest BCUT2D eigenvalue weighted by Crippen LogP contribution is 2.64. The van der Waals surface area contributed by atoms with Crippen LogP contribution in [0.1, 0.15) is 29.9 Å². The minimum atomic E-state index is -1.64. The maximum Gasteiger partial charge on any atom is 0.260 e. The monoisotopic (exact) mass is 711 g/mol. The lowest BCUT2D eigenvalue weighted by molar-refractivity contribution is -0.173. The lowest BCUT2D eigenvalue weighted by atomic mass is 9.49. The van der Waals surface area contributed by atoms with E-state index in [0.717, 1.165) is 5.01 Å². The number of nitrogens with one attached hydrogen (secondary N) is 1. The summed E-state index contributed by atoms with van der Waals surface area (Å²) in [5.74, 6) is -7.01. The summed E-state index contributed by atoms with van der Waals surface area (Å²) in [5.41, 5.74) is 3.05. The largest absolute Gasteiger partial charge is 0.503 e. The van der Waals surface area contributed by atoms with Crippen LogP contribution in [0.4, 0.5) is 5.69 Å². The molecule has 4 aliphatic rings. The number of amides is 4. The molecule has 6 atom stereocenters. The molecule has 2 aliphatic carbocycles. The molecular formula is C34H28Cl3N3O8. The van der Waals surface area contributed by atoms with Gasteiger partial charge in [0.05, 0.1) is 53.1 Å². The lowest BCUT2D eigenvalue weighted by Gasteiger charge is -2.50. The maximum atomic E-state index is 15.2. The number of halogens is 3. The smallest absolute Gasteiger partial charge is 0.260 e. The number of hydrazine groups is 1. The molecule has 1 saturated carbocycles. The highest BCUT2D eigenvalue weighted by atomic mass is 35.5. The Morgan fingerprint density at radius 1 is 0.875 bits per heavy atom. The molecule has 2 aliphatic heterocycles. The second kappa shape index (κ2) is 11.7. The minimum absolute atomic E-state index is 0.00242. The topological polar surface area (TPSA) is 146 Å². The molecule has 0 aromatic heterocycles. The van der Waals surface area contributed by atoms with Crippen LogP contribution < -0.4 is 14.9 Å². The number of benzene rings is 3. The van der Waals surface area contributed by atoms with Gasteiger partial charge in [0, 0.05) is 10.9 Å². The van der Waals surface area contributed by atoms with Gasteiger partial charge in [-0.1, -0.05) is 58.6 Å². The molecule has 0 spiro atoms. The van der Waals surface area contributed by atoms with Crippen molar-refractivity contribution in [2.24, 2.45) is 23.7 Å². The van der Waals surface area contributed by atoms with Crippen LogP contribution in [-0.4, -0.2) is 58.2 Å². The fraction of sp³-hybridized carbons (Fsp3) is 0.294. The third-order valence-corrected chi connectivity index (χ3v) is 11.0. The van der Waals surface area contributed by atoms with Gasteiger partial charge in [-0.3, -0.25) is 29.8 Å². The van der Waals surface area contributed by atoms with Gasteiger partial charge in [-0.25, -0.2) is 0 Å². The molecule has 2 saturated heterocycles. The van der Waals surface area contributed by atoms with Crippen LogP contribution >= 0.6 is 34.8 Å². The number of hydroxylamine groups is 2. The van der Waals surface area contributed by atoms with Crippen molar-refractivity contribution in [2.45, 2.75) is 24.2 Å². The summed E-state index contributed by atoms with van der Waals surface area (Å²) in [4.78, 5) is 56.2. The number of carbonyl (C=O) groups is 4. The number of anilines is 1. The van der Waals surface area contributed by atoms with E-state index in [4.69, 9.17) is 44.3 Å². The van der Waals surface area contributed by atoms with E-state index in [1.54, 1.807) is 42.5 Å². The van der Waals surface area contributed by atoms with Crippen molar-refractivity contribution >= 4 is 64.1 Å². The Balaban J connectivity index is 1.50. The highest BCUT2D eigenvalue weighted by molar-refractivity contribution is 6.36. The summed E-state index contributed by atoms with van der Waals surface area (Å²) in [7, 11) is 2.87. The summed E-state index contributed by atoms with van der Waals surface area (Å²) in [6.07, 6.45) is 1.94. The first-order valence-electron chi connectivity index (χ1n) is 15.0. The average Bonchev–Trinajstić information content (AvgIpc) is 3.43. The number of aromatic hydroxyl groups is 1. The van der Waals surface area contributed by atoms with E-state index in [1.807, 2.05) is 6.08 Å². The number of imide groups is 2. The summed E-state index contributed by atoms with van der Waals surface area (Å²) < 4.78 is 10.9. The van der Waals surface area contributed by atoms with Crippen molar-refractivity contribution < 1.29 is 39.0 Å². The molecule has 0 radical (unpaired) electrons. The van der Waals surface area contributed by atoms with Gasteiger partial charge >= 0.3 is 0 Å². The van der Waals surface area contributed by atoms with Gasteiger partial charge in [0.2, 0.25) is 0 Å². The molecule has 6 unspecified atom stereocenters. The Kier molecular flexibility index (Phi) is 7.86. The fourth-order valence-corrected chi connectivity index (χ4v) is 8.79.